The molecule has 1 saturated carbocycles. The standard InChI is InChI=1S/C27H31FN4O4/c1-4-31-9-10-32(26(31)30-27(34)35)15-20-12-22(14-23(13-20)36-16-19-5-6-19)25(33)29-18(3)21-7-8-24(28)17(2)11-21/h7-14,18-19H,4-6,15-16H2,1-3H3,(H,29,33)(H,34,35). The van der Waals surface area contributed by atoms with Crippen LogP contribution < -0.4 is 15.7 Å². The van der Waals surface area contributed by atoms with Crippen LogP contribution in [0.5, 0.6) is 5.75 Å². The lowest BCUT2D eigenvalue weighted by Crippen LogP contribution is -2.28. The number of benzene rings is 2. The number of nitrogens with zero attached hydrogens (tertiary/aromatic N) is 3. The van der Waals surface area contributed by atoms with Crippen molar-refractivity contribution >= 4 is 12.0 Å². The summed E-state index contributed by atoms with van der Waals surface area (Å²) in [5.41, 5.74) is 2.83. The first kappa shape index (κ1) is 25.2. The zero-order valence-electron chi connectivity index (χ0n) is 20.7. The second-order valence-corrected chi connectivity index (χ2v) is 9.23. The zero-order valence-corrected chi connectivity index (χ0v) is 20.7. The fourth-order valence-corrected chi connectivity index (χ4v) is 4.01. The third kappa shape index (κ3) is 6.21. The average molecular weight is 495 g/mol. The molecule has 2 amide bonds. The predicted octanol–water partition coefficient (Wildman–Crippen LogP) is 4.66. The van der Waals surface area contributed by atoms with Crippen LogP contribution in [0.15, 0.2) is 53.8 Å². The Hall–Kier alpha value is -3.88. The summed E-state index contributed by atoms with van der Waals surface area (Å²) < 4.78 is 23.1. The van der Waals surface area contributed by atoms with Gasteiger partial charge in [0.15, 0.2) is 0 Å². The Morgan fingerprint density at radius 3 is 2.61 bits per heavy atom. The van der Waals surface area contributed by atoms with Crippen molar-refractivity contribution in [3.8, 4) is 5.75 Å². The number of carbonyl (C=O) groups excluding carboxylic acids is 1. The fourth-order valence-electron chi connectivity index (χ4n) is 4.01. The van der Waals surface area contributed by atoms with Gasteiger partial charge in [-0.1, -0.05) is 12.1 Å². The molecule has 2 N–H and O–H groups in total. The lowest BCUT2D eigenvalue weighted by molar-refractivity contribution is 0.0939. The van der Waals surface area contributed by atoms with Crippen molar-refractivity contribution in [1.29, 1.82) is 0 Å². The van der Waals surface area contributed by atoms with E-state index in [4.69, 9.17) is 4.74 Å². The Labute approximate surface area is 209 Å². The summed E-state index contributed by atoms with van der Waals surface area (Å²) in [5, 5.41) is 12.2. The van der Waals surface area contributed by atoms with Gasteiger partial charge in [-0.2, -0.15) is 0 Å². The molecule has 0 bridgehead atoms. The minimum atomic E-state index is -1.27. The number of amides is 2. The second-order valence-electron chi connectivity index (χ2n) is 9.23. The maximum absolute atomic E-state index is 13.7. The number of halogens is 1. The molecule has 8 nitrogen and oxygen atoms in total. The predicted molar refractivity (Wildman–Crippen MR) is 132 cm³/mol. The molecule has 0 aliphatic heterocycles. The van der Waals surface area contributed by atoms with E-state index in [1.54, 1.807) is 52.7 Å². The molecule has 9 heteroatoms. The van der Waals surface area contributed by atoms with Crippen LogP contribution in [0.3, 0.4) is 0 Å². The number of carbonyl (C=O) groups is 2. The molecule has 4 rings (SSSR count). The minimum absolute atomic E-state index is 0.283. The molecule has 0 spiro atoms. The molecule has 36 heavy (non-hydrogen) atoms. The summed E-state index contributed by atoms with van der Waals surface area (Å²) >= 11 is 0. The molecular formula is C27H31FN4O4. The molecule has 1 unspecified atom stereocenters. The highest BCUT2D eigenvalue weighted by molar-refractivity contribution is 5.95. The highest BCUT2D eigenvalue weighted by Crippen LogP contribution is 2.30. The van der Waals surface area contributed by atoms with Crippen molar-refractivity contribution < 1.29 is 23.8 Å². The van der Waals surface area contributed by atoms with E-state index in [0.717, 1.165) is 24.0 Å². The quantitative estimate of drug-likeness (QED) is 0.452. The molecule has 0 saturated heterocycles. The van der Waals surface area contributed by atoms with Crippen molar-refractivity contribution in [3.63, 3.8) is 0 Å². The van der Waals surface area contributed by atoms with Crippen LogP contribution in [0.4, 0.5) is 9.18 Å². The summed E-state index contributed by atoms with van der Waals surface area (Å²) in [5.74, 6) is 0.559. The Morgan fingerprint density at radius 2 is 1.94 bits per heavy atom. The molecule has 1 heterocycles. The van der Waals surface area contributed by atoms with E-state index < -0.39 is 6.09 Å². The Balaban J connectivity index is 1.61. The van der Waals surface area contributed by atoms with Crippen molar-refractivity contribution in [2.24, 2.45) is 10.9 Å². The molecular weight excluding hydrogens is 463 g/mol. The summed E-state index contributed by atoms with van der Waals surface area (Å²) in [6.45, 7) is 6.92. The van der Waals surface area contributed by atoms with Crippen LogP contribution >= 0.6 is 0 Å². The van der Waals surface area contributed by atoms with E-state index >= 15 is 0 Å². The van der Waals surface area contributed by atoms with Crippen LogP contribution in [0.1, 0.15) is 59.8 Å². The SMILES string of the molecule is CCn1ccn(Cc2cc(OCC3CC3)cc(C(=O)NC(C)c3ccc(F)c(C)c3)c2)c1=NC(=O)O. The van der Waals surface area contributed by atoms with E-state index in [-0.39, 0.29) is 17.8 Å². The number of carboxylic acid groups (broad SMARTS) is 1. The van der Waals surface area contributed by atoms with Gasteiger partial charge in [-0.15, -0.1) is 4.99 Å². The van der Waals surface area contributed by atoms with E-state index in [2.05, 4.69) is 10.3 Å². The number of hydrogen-bond donors (Lipinski definition) is 2. The van der Waals surface area contributed by atoms with E-state index in [1.807, 2.05) is 19.9 Å². The molecule has 0 radical (unpaired) electrons. The Kier molecular flexibility index (Phi) is 7.57. The summed E-state index contributed by atoms with van der Waals surface area (Å²) in [4.78, 5) is 28.2. The summed E-state index contributed by atoms with van der Waals surface area (Å²) in [6, 6.07) is 9.81. The molecule has 1 aliphatic carbocycles. The number of aryl methyl sites for hydroxylation is 2. The number of imidazole rings is 1. The van der Waals surface area contributed by atoms with Gasteiger partial charge in [0.25, 0.3) is 5.91 Å². The number of rotatable bonds is 9. The second kappa shape index (κ2) is 10.8. The lowest BCUT2D eigenvalue weighted by atomic mass is 10.0. The topological polar surface area (TPSA) is 97.9 Å². The number of aromatic nitrogens is 2. The van der Waals surface area contributed by atoms with Crippen molar-refractivity contribution in [1.82, 2.24) is 14.5 Å². The van der Waals surface area contributed by atoms with Gasteiger partial charge in [-0.3, -0.25) is 4.79 Å². The fraction of sp³-hybridized carbons (Fsp3) is 0.370. The molecule has 1 aliphatic rings. The molecule has 1 aromatic heterocycles. The van der Waals surface area contributed by atoms with E-state index in [1.165, 1.54) is 6.07 Å². The Morgan fingerprint density at radius 1 is 1.19 bits per heavy atom. The van der Waals surface area contributed by atoms with Gasteiger partial charge in [0.1, 0.15) is 11.6 Å². The van der Waals surface area contributed by atoms with E-state index in [0.29, 0.717) is 48.1 Å². The summed E-state index contributed by atoms with van der Waals surface area (Å²) in [7, 11) is 0. The van der Waals surface area contributed by atoms with Crippen LogP contribution in [0.25, 0.3) is 0 Å². The molecule has 190 valence electrons. The first-order valence-corrected chi connectivity index (χ1v) is 12.1. The van der Waals surface area contributed by atoms with Crippen LogP contribution in [-0.2, 0) is 13.1 Å². The maximum atomic E-state index is 13.7. The monoisotopic (exact) mass is 494 g/mol. The first-order valence-electron chi connectivity index (χ1n) is 12.1. The first-order chi connectivity index (χ1) is 17.2. The van der Waals surface area contributed by atoms with Gasteiger partial charge in [0.05, 0.1) is 19.2 Å². The lowest BCUT2D eigenvalue weighted by Gasteiger charge is -2.17. The number of hydrogen-bond acceptors (Lipinski definition) is 3. The van der Waals surface area contributed by atoms with Gasteiger partial charge in [0, 0.05) is 24.5 Å². The highest BCUT2D eigenvalue weighted by Gasteiger charge is 2.22. The molecule has 1 fully saturated rings. The van der Waals surface area contributed by atoms with E-state index in [9.17, 15) is 19.1 Å². The van der Waals surface area contributed by atoms with Gasteiger partial charge in [-0.05, 0) is 80.5 Å². The van der Waals surface area contributed by atoms with Gasteiger partial charge in [-0.25, -0.2) is 9.18 Å². The third-order valence-electron chi connectivity index (χ3n) is 6.27. The normalized spacial score (nSPS) is 14.5. The Bertz CT molecular complexity index is 1340. The zero-order chi connectivity index (χ0) is 25.8. The largest absolute Gasteiger partial charge is 0.493 e. The molecule has 2 aromatic carbocycles. The average Bonchev–Trinajstić information content (AvgIpc) is 3.60. The highest BCUT2D eigenvalue weighted by atomic mass is 19.1. The minimum Gasteiger partial charge on any atom is -0.493 e. The smallest absolute Gasteiger partial charge is 0.434 e. The van der Waals surface area contributed by atoms with Gasteiger partial charge in [0.2, 0.25) is 5.62 Å². The van der Waals surface area contributed by atoms with Crippen LogP contribution in [-0.4, -0.2) is 32.8 Å². The number of nitrogens with one attached hydrogen (secondary N) is 1. The summed E-state index contributed by atoms with van der Waals surface area (Å²) in [6.07, 6.45) is 4.55. The van der Waals surface area contributed by atoms with Crippen molar-refractivity contribution in [3.05, 3.63) is 82.5 Å². The number of ether oxygens (including phenoxy) is 1. The third-order valence-corrected chi connectivity index (χ3v) is 6.27. The van der Waals surface area contributed by atoms with Gasteiger partial charge >= 0.3 is 6.09 Å². The van der Waals surface area contributed by atoms with Crippen molar-refractivity contribution in [2.45, 2.75) is 52.7 Å². The van der Waals surface area contributed by atoms with Crippen molar-refractivity contribution in [2.75, 3.05) is 6.61 Å². The van der Waals surface area contributed by atoms with Gasteiger partial charge < -0.3 is 24.3 Å². The van der Waals surface area contributed by atoms with Crippen LogP contribution in [0.2, 0.25) is 0 Å². The molecule has 1 atom stereocenters. The molecule has 3 aromatic rings. The van der Waals surface area contributed by atoms with Crippen LogP contribution in [0, 0.1) is 18.7 Å². The maximum Gasteiger partial charge on any atom is 0.434 e.